The first-order valence-electron chi connectivity index (χ1n) is 25.1. The number of hydrogen-bond donors (Lipinski definition) is 0. The molecule has 0 saturated carbocycles. The van der Waals surface area contributed by atoms with Crippen molar-refractivity contribution in [1.82, 2.24) is 0 Å². The minimum absolute atomic E-state index is 0.115. The highest BCUT2D eigenvalue weighted by Gasteiger charge is 2.36. The third-order valence-electron chi connectivity index (χ3n) is 14.1. The van der Waals surface area contributed by atoms with Crippen LogP contribution in [-0.2, 0) is 5.41 Å². The van der Waals surface area contributed by atoms with Gasteiger partial charge in [0, 0.05) is 28.4 Å². The van der Waals surface area contributed by atoms with Gasteiger partial charge in [0.05, 0.1) is 0 Å². The molecule has 1 heteroatoms. The van der Waals surface area contributed by atoms with Gasteiger partial charge in [-0.2, -0.15) is 0 Å². The number of rotatable bonds is 8. The van der Waals surface area contributed by atoms with Gasteiger partial charge in [-0.15, -0.1) is 0 Å². The molecule has 2 aliphatic carbocycles. The Morgan fingerprint density at radius 3 is 1.36 bits per heavy atom. The van der Waals surface area contributed by atoms with E-state index in [4.69, 9.17) is 0 Å². The van der Waals surface area contributed by atoms with Gasteiger partial charge in [0.15, 0.2) is 0 Å². The maximum absolute atomic E-state index is 2.44. The maximum atomic E-state index is 2.44. The van der Waals surface area contributed by atoms with E-state index in [1.807, 2.05) is 38.2 Å². The van der Waals surface area contributed by atoms with Crippen LogP contribution in [0.3, 0.4) is 0 Å². The van der Waals surface area contributed by atoms with E-state index in [0.29, 0.717) is 5.92 Å². The minimum atomic E-state index is -0.115. The van der Waals surface area contributed by atoms with E-state index in [1.54, 1.807) is 0 Å². The molecule has 0 bridgehead atoms. The summed E-state index contributed by atoms with van der Waals surface area (Å²) in [6.07, 6.45) is 9.25. The zero-order valence-electron chi connectivity index (χ0n) is 42.2. The van der Waals surface area contributed by atoms with E-state index in [9.17, 15) is 0 Å². The molecule has 9 aromatic rings. The van der Waals surface area contributed by atoms with E-state index < -0.39 is 0 Å². The molecule has 0 saturated heterocycles. The number of hydrogen-bond acceptors (Lipinski definition) is 1. The molecule has 11 rings (SSSR count). The molecule has 70 heavy (non-hydrogen) atoms. The minimum Gasteiger partial charge on any atom is -0.310 e. The fourth-order valence-corrected chi connectivity index (χ4v) is 10.5. The summed E-state index contributed by atoms with van der Waals surface area (Å²) in [5, 5.41) is 0. The van der Waals surface area contributed by atoms with Crippen LogP contribution in [0.25, 0.3) is 66.8 Å². The molecule has 0 radical (unpaired) electrons. The summed E-state index contributed by atoms with van der Waals surface area (Å²) in [7, 11) is 0. The van der Waals surface area contributed by atoms with Crippen molar-refractivity contribution in [3.8, 4) is 66.8 Å². The molecule has 2 aliphatic rings. The standard InChI is InChI=1S/C60H47N.C6H10.C3H8/c1-39-49(54-22-13-23-55-51-20-12-11-19-50(51)40(2)59(54)55)21-14-24-58(39)61(47-31-25-43(26-32-47)41-15-7-5-8-16-41)48-33-27-44(28-34-48)46-30-36-53-52-35-29-45(42-17-9-6-10-18-42)37-56(52)60(3,4)57(53)38-46;1-3-5-6-4-2;1-3-2/h5-38,40H,1-4H3;3-6H,1-2H3;3H2,1-2H3/b;5-3-,6-4-;. The first-order chi connectivity index (χ1) is 34.2. The van der Waals surface area contributed by atoms with E-state index in [-0.39, 0.29) is 5.41 Å². The Hall–Kier alpha value is -7.74. The molecule has 0 aliphatic heterocycles. The Kier molecular flexibility index (Phi) is 14.1. The van der Waals surface area contributed by atoms with Crippen LogP contribution in [0, 0.1) is 6.92 Å². The molecule has 0 N–H and O–H groups in total. The van der Waals surface area contributed by atoms with Crippen molar-refractivity contribution in [3.05, 3.63) is 258 Å². The van der Waals surface area contributed by atoms with Crippen LogP contribution in [-0.4, -0.2) is 0 Å². The summed E-state index contributed by atoms with van der Waals surface area (Å²) in [4.78, 5) is 2.44. The van der Waals surface area contributed by atoms with Gasteiger partial charge in [0.2, 0.25) is 0 Å². The molecule has 0 aromatic heterocycles. The molecule has 0 spiro atoms. The normalized spacial score (nSPS) is 13.6. The Balaban J connectivity index is 0.000000624. The molecule has 0 amide bonds. The first-order valence-corrected chi connectivity index (χ1v) is 25.1. The van der Waals surface area contributed by atoms with E-state index in [2.05, 4.69) is 253 Å². The summed E-state index contributed by atoms with van der Waals surface area (Å²) >= 11 is 0. The van der Waals surface area contributed by atoms with Crippen LogP contribution in [0.2, 0.25) is 0 Å². The topological polar surface area (TPSA) is 3.24 Å². The molecule has 346 valence electrons. The zero-order valence-corrected chi connectivity index (χ0v) is 42.2. The number of allylic oxidation sites excluding steroid dienone is 4. The SMILES string of the molecule is C/C=C\C=C/C.CCC.Cc1c(-c2cccc3c2C(C)c2ccccc2-3)cccc1N(c1ccc(-c2ccccc2)cc1)c1ccc(-c2ccc3c(c2)C(C)(C)c2cc(-c4ccccc4)ccc2-3)cc1. The van der Waals surface area contributed by atoms with Crippen molar-refractivity contribution in [2.75, 3.05) is 4.90 Å². The Morgan fingerprint density at radius 1 is 0.429 bits per heavy atom. The average molecular weight is 908 g/mol. The molecular weight excluding hydrogens is 843 g/mol. The lowest BCUT2D eigenvalue weighted by molar-refractivity contribution is 0.661. The smallest absolute Gasteiger partial charge is 0.0496 e. The number of nitrogens with zero attached hydrogens (tertiary/aromatic N) is 1. The highest BCUT2D eigenvalue weighted by atomic mass is 15.1. The van der Waals surface area contributed by atoms with Crippen LogP contribution in [0.5, 0.6) is 0 Å². The third-order valence-corrected chi connectivity index (χ3v) is 14.1. The molecule has 1 atom stereocenters. The highest BCUT2D eigenvalue weighted by Crippen LogP contribution is 2.52. The van der Waals surface area contributed by atoms with Gasteiger partial charge in [0.25, 0.3) is 0 Å². The molecule has 9 aromatic carbocycles. The van der Waals surface area contributed by atoms with Crippen molar-refractivity contribution in [3.63, 3.8) is 0 Å². The second kappa shape index (κ2) is 20.9. The monoisotopic (exact) mass is 908 g/mol. The summed E-state index contributed by atoms with van der Waals surface area (Å²) < 4.78 is 0. The first kappa shape index (κ1) is 47.3. The molecule has 1 unspecified atom stereocenters. The second-order valence-corrected chi connectivity index (χ2v) is 19.1. The average Bonchev–Trinajstić information content (AvgIpc) is 3.83. The van der Waals surface area contributed by atoms with Crippen LogP contribution in [0.1, 0.15) is 88.6 Å². The van der Waals surface area contributed by atoms with Gasteiger partial charge in [-0.1, -0.05) is 229 Å². The number of fused-ring (bicyclic) bond motifs is 6. The Bertz CT molecular complexity index is 3290. The predicted octanol–water partition coefficient (Wildman–Crippen LogP) is 20.1. The van der Waals surface area contributed by atoms with Crippen LogP contribution in [0.4, 0.5) is 17.1 Å². The Morgan fingerprint density at radius 2 is 0.829 bits per heavy atom. The maximum Gasteiger partial charge on any atom is 0.0496 e. The van der Waals surface area contributed by atoms with Gasteiger partial charge in [0.1, 0.15) is 0 Å². The summed E-state index contributed by atoms with van der Waals surface area (Å²) in [6.45, 7) is 17.7. The number of anilines is 3. The van der Waals surface area contributed by atoms with Crippen LogP contribution in [0.15, 0.2) is 231 Å². The molecule has 0 fully saturated rings. The zero-order chi connectivity index (χ0) is 48.8. The lowest BCUT2D eigenvalue weighted by atomic mass is 9.81. The fourth-order valence-electron chi connectivity index (χ4n) is 10.5. The van der Waals surface area contributed by atoms with Crippen molar-refractivity contribution < 1.29 is 0 Å². The molecule has 1 nitrogen and oxygen atoms in total. The lowest BCUT2D eigenvalue weighted by Crippen LogP contribution is -2.15. The summed E-state index contributed by atoms with van der Waals surface area (Å²) in [5.74, 6) is 0.324. The van der Waals surface area contributed by atoms with Crippen molar-refractivity contribution in [1.29, 1.82) is 0 Å². The highest BCUT2D eigenvalue weighted by molar-refractivity contribution is 5.91. The number of benzene rings is 9. The quantitative estimate of drug-likeness (QED) is 0.137. The van der Waals surface area contributed by atoms with Gasteiger partial charge < -0.3 is 4.90 Å². The third kappa shape index (κ3) is 9.13. The van der Waals surface area contributed by atoms with Gasteiger partial charge in [-0.25, -0.2) is 0 Å². The lowest BCUT2D eigenvalue weighted by Gasteiger charge is -2.29. The predicted molar refractivity (Wildman–Crippen MR) is 304 cm³/mol. The molecular formula is C69H65N. The summed E-state index contributed by atoms with van der Waals surface area (Å²) in [6, 6.07) is 76.2. The Labute approximate surface area is 418 Å². The fraction of sp³-hybridized carbons (Fsp3) is 0.159. The van der Waals surface area contributed by atoms with E-state index in [0.717, 1.165) is 11.4 Å². The van der Waals surface area contributed by atoms with Crippen molar-refractivity contribution in [2.24, 2.45) is 0 Å². The summed E-state index contributed by atoms with van der Waals surface area (Å²) in [5.41, 5.74) is 25.5. The van der Waals surface area contributed by atoms with E-state index >= 15 is 0 Å². The van der Waals surface area contributed by atoms with Gasteiger partial charge >= 0.3 is 0 Å². The van der Waals surface area contributed by atoms with Gasteiger partial charge in [-0.05, 0) is 158 Å². The van der Waals surface area contributed by atoms with Gasteiger partial charge in [-0.3, -0.25) is 0 Å². The van der Waals surface area contributed by atoms with Crippen LogP contribution >= 0.6 is 0 Å². The largest absolute Gasteiger partial charge is 0.310 e. The van der Waals surface area contributed by atoms with Crippen molar-refractivity contribution >= 4 is 17.1 Å². The second-order valence-electron chi connectivity index (χ2n) is 19.1. The van der Waals surface area contributed by atoms with Crippen molar-refractivity contribution in [2.45, 2.75) is 73.1 Å². The molecule has 0 heterocycles. The van der Waals surface area contributed by atoms with Crippen LogP contribution < -0.4 is 4.90 Å². The van der Waals surface area contributed by atoms with E-state index in [1.165, 1.54) is 107 Å².